The lowest BCUT2D eigenvalue weighted by molar-refractivity contribution is -0.182. The molecule has 2 amide bonds. The number of hydrogen-bond acceptors (Lipinski definition) is 11. The predicted molar refractivity (Wildman–Crippen MR) is 175 cm³/mol. The van der Waals surface area contributed by atoms with Crippen LogP contribution in [0.15, 0.2) is 0 Å². The summed E-state index contributed by atoms with van der Waals surface area (Å²) in [6, 6.07) is -3.03. The molecule has 0 aromatic carbocycles. The van der Waals surface area contributed by atoms with E-state index < -0.39 is 53.9 Å². The molecule has 49 heavy (non-hydrogen) atoms. The number of halogens is 4. The largest absolute Gasteiger partial charge is 0.391 e. The van der Waals surface area contributed by atoms with Gasteiger partial charge in [-0.05, 0) is 39.5 Å². The summed E-state index contributed by atoms with van der Waals surface area (Å²) in [4.78, 5) is 47.5. The second-order valence-electron chi connectivity index (χ2n) is 14.8. The van der Waals surface area contributed by atoms with Gasteiger partial charge in [-0.3, -0.25) is 40.1 Å². The molecule has 6 N–H and O–H groups in total. The fraction of sp³-hybridized carbons (Fsp3) is 0.906. The molecule has 278 valence electrons. The highest BCUT2D eigenvalue weighted by Gasteiger charge is 2.55. The molecule has 0 bridgehead atoms. The van der Waals surface area contributed by atoms with Gasteiger partial charge >= 0.3 is 6.18 Å². The van der Waals surface area contributed by atoms with Gasteiger partial charge in [-0.1, -0.05) is 6.92 Å². The standard InChI is InChI=1S/C32H52ClF3N8O5/c1-4-22-27(42-7-9-43(10-8-42)31(48)26-28(46)17(3)37-15-38-26)29(47)25-30(39-16(2)24(41-25)18-13-49-14-18)44(22)12-23(45)40-21-6-5-19(11-20(21)33)32(34,35)36/h16-22,24-28,30,37-39,41,46H,4-15H2,1-3H3,(H,40,45). The zero-order valence-electron chi connectivity index (χ0n) is 28.4. The van der Waals surface area contributed by atoms with Crippen LogP contribution >= 0.6 is 11.6 Å². The molecule has 6 rings (SSSR count). The lowest BCUT2D eigenvalue weighted by Crippen LogP contribution is -2.82. The van der Waals surface area contributed by atoms with Crippen LogP contribution in [0, 0.1) is 11.8 Å². The monoisotopic (exact) mass is 720 g/mol. The third kappa shape index (κ3) is 7.63. The maximum atomic E-state index is 14.5. The molecule has 6 fully saturated rings. The Morgan fingerprint density at radius 1 is 1.06 bits per heavy atom. The number of nitrogens with one attached hydrogen (secondary N) is 5. The number of rotatable bonds is 7. The Kier molecular flexibility index (Phi) is 11.5. The summed E-state index contributed by atoms with van der Waals surface area (Å²) in [5.74, 6) is -1.70. The summed E-state index contributed by atoms with van der Waals surface area (Å²) < 4.78 is 45.5. The van der Waals surface area contributed by atoms with Crippen molar-refractivity contribution in [1.82, 2.24) is 41.3 Å². The number of carbonyl (C=O) groups excluding carboxylic acids is 3. The molecule has 0 spiro atoms. The first kappa shape index (κ1) is 37.1. The number of ketones is 1. The molecule has 5 saturated heterocycles. The number of Topliss-reactive ketones (excluding diaryl/α,β-unsaturated/α-hetero) is 1. The Bertz CT molecular complexity index is 1210. The van der Waals surface area contributed by atoms with Gasteiger partial charge in [-0.2, -0.15) is 13.2 Å². The summed E-state index contributed by atoms with van der Waals surface area (Å²) >= 11 is 6.40. The van der Waals surface area contributed by atoms with Crippen molar-refractivity contribution in [2.45, 2.75) is 119 Å². The van der Waals surface area contributed by atoms with Crippen LogP contribution in [0.1, 0.15) is 46.5 Å². The van der Waals surface area contributed by atoms with Gasteiger partial charge in [0.15, 0.2) is 5.78 Å². The van der Waals surface area contributed by atoms with E-state index in [1.165, 1.54) is 0 Å². The van der Waals surface area contributed by atoms with Gasteiger partial charge in [0.1, 0.15) is 6.04 Å². The average Bonchev–Trinajstić information content (AvgIpc) is 3.03. The second kappa shape index (κ2) is 15.2. The van der Waals surface area contributed by atoms with Crippen molar-refractivity contribution in [2.75, 3.05) is 52.6 Å². The second-order valence-corrected chi connectivity index (χ2v) is 15.4. The normalized spacial score (nSPS) is 41.6. The Morgan fingerprint density at radius 2 is 1.78 bits per heavy atom. The number of aliphatic hydroxyl groups excluding tert-OH is 1. The highest BCUT2D eigenvalue weighted by molar-refractivity contribution is 6.21. The maximum absolute atomic E-state index is 14.5. The molecule has 5 aliphatic heterocycles. The number of fused-ring (bicyclic) bond motifs is 1. The molecule has 0 radical (unpaired) electrons. The van der Waals surface area contributed by atoms with E-state index in [-0.39, 0.29) is 73.5 Å². The van der Waals surface area contributed by atoms with E-state index in [1.807, 2.05) is 18.7 Å². The van der Waals surface area contributed by atoms with Crippen molar-refractivity contribution in [1.29, 1.82) is 0 Å². The van der Waals surface area contributed by atoms with E-state index in [1.54, 1.807) is 4.90 Å². The fourth-order valence-corrected chi connectivity index (χ4v) is 9.21. The van der Waals surface area contributed by atoms with Gasteiger partial charge in [-0.15, -0.1) is 11.6 Å². The van der Waals surface area contributed by atoms with Crippen LogP contribution in [0.2, 0.25) is 0 Å². The number of alkyl halides is 4. The summed E-state index contributed by atoms with van der Waals surface area (Å²) in [6.45, 7) is 9.15. The van der Waals surface area contributed by atoms with Gasteiger partial charge in [0, 0.05) is 69.0 Å². The number of likely N-dealkylation sites (tertiary alicyclic amines) is 1. The maximum Gasteiger partial charge on any atom is 0.391 e. The molecular formula is C32H52ClF3N8O5. The van der Waals surface area contributed by atoms with Crippen LogP contribution < -0.4 is 26.6 Å². The van der Waals surface area contributed by atoms with Gasteiger partial charge in [-0.25, -0.2) is 0 Å². The lowest BCUT2D eigenvalue weighted by Gasteiger charge is -2.57. The van der Waals surface area contributed by atoms with Gasteiger partial charge < -0.3 is 25.4 Å². The molecule has 17 heteroatoms. The molecule has 5 heterocycles. The zero-order chi connectivity index (χ0) is 35.2. The molecule has 1 aliphatic carbocycles. The van der Waals surface area contributed by atoms with Gasteiger partial charge in [0.25, 0.3) is 0 Å². The predicted octanol–water partition coefficient (Wildman–Crippen LogP) is -0.824. The Balaban J connectivity index is 1.17. The van der Waals surface area contributed by atoms with Crippen molar-refractivity contribution in [2.24, 2.45) is 11.8 Å². The Labute approximate surface area is 290 Å². The van der Waals surface area contributed by atoms with Crippen LogP contribution in [0.5, 0.6) is 0 Å². The molecule has 12 unspecified atom stereocenters. The third-order valence-electron chi connectivity index (χ3n) is 11.8. The molecule has 1 saturated carbocycles. The van der Waals surface area contributed by atoms with Crippen molar-refractivity contribution in [3.8, 4) is 0 Å². The molecule has 6 aliphatic rings. The summed E-state index contributed by atoms with van der Waals surface area (Å²) in [5, 5.41) is 26.2. The Morgan fingerprint density at radius 3 is 2.39 bits per heavy atom. The number of aliphatic hydroxyl groups is 1. The number of piperidine rings is 1. The van der Waals surface area contributed by atoms with Gasteiger partial charge in [0.05, 0.1) is 55.4 Å². The van der Waals surface area contributed by atoms with E-state index >= 15 is 0 Å². The Hall–Kier alpha value is -1.63. The summed E-state index contributed by atoms with van der Waals surface area (Å²) in [6.07, 6.45) is -5.28. The highest BCUT2D eigenvalue weighted by Crippen LogP contribution is 2.39. The minimum Gasteiger partial charge on any atom is -0.389 e. The van der Waals surface area contributed by atoms with E-state index in [0.717, 1.165) is 0 Å². The van der Waals surface area contributed by atoms with Crippen LogP contribution in [-0.2, 0) is 19.1 Å². The third-order valence-corrected chi connectivity index (χ3v) is 12.3. The van der Waals surface area contributed by atoms with Crippen molar-refractivity contribution in [3.05, 3.63) is 0 Å². The minimum atomic E-state index is -4.32. The highest BCUT2D eigenvalue weighted by atomic mass is 35.5. The molecular weight excluding hydrogens is 669 g/mol. The van der Waals surface area contributed by atoms with E-state index in [4.69, 9.17) is 16.3 Å². The van der Waals surface area contributed by atoms with Crippen molar-refractivity contribution >= 4 is 29.2 Å². The van der Waals surface area contributed by atoms with E-state index in [0.29, 0.717) is 52.5 Å². The first-order chi connectivity index (χ1) is 23.3. The van der Waals surface area contributed by atoms with Crippen LogP contribution in [0.3, 0.4) is 0 Å². The van der Waals surface area contributed by atoms with E-state index in [9.17, 15) is 32.7 Å². The first-order valence-electron chi connectivity index (χ1n) is 17.9. The first-order valence-corrected chi connectivity index (χ1v) is 18.3. The fourth-order valence-electron chi connectivity index (χ4n) is 8.80. The minimum absolute atomic E-state index is 0.00459. The molecule has 0 aromatic rings. The van der Waals surface area contributed by atoms with Crippen molar-refractivity contribution < 1.29 is 37.4 Å². The molecule has 12 atom stereocenters. The summed E-state index contributed by atoms with van der Waals surface area (Å²) in [5.41, 5.74) is 0. The quantitative estimate of drug-likeness (QED) is 0.183. The number of nitrogens with zero attached hydrogens (tertiary/aromatic N) is 3. The average molecular weight is 721 g/mol. The van der Waals surface area contributed by atoms with Crippen LogP contribution in [0.25, 0.3) is 0 Å². The van der Waals surface area contributed by atoms with Crippen molar-refractivity contribution in [3.63, 3.8) is 0 Å². The lowest BCUT2D eigenvalue weighted by atomic mass is 9.81. The SMILES string of the molecule is CCC1C(N2CCN(C(=O)C3NCNC(C)C3O)CC2)C(=O)C2NC(C3COC3)C(C)NC2N1CC(=O)NC1CCC(C(F)(F)F)CC1Cl. The van der Waals surface area contributed by atoms with E-state index in [2.05, 4.69) is 38.4 Å². The number of hydrogen-bond donors (Lipinski definition) is 6. The number of piperazine rings is 2. The molecule has 13 nitrogen and oxygen atoms in total. The smallest absolute Gasteiger partial charge is 0.389 e. The topological polar surface area (TPSA) is 151 Å². The number of carbonyl (C=O) groups is 3. The summed E-state index contributed by atoms with van der Waals surface area (Å²) in [7, 11) is 0. The van der Waals surface area contributed by atoms with Crippen LogP contribution in [0.4, 0.5) is 13.2 Å². The zero-order valence-corrected chi connectivity index (χ0v) is 29.2. The van der Waals surface area contributed by atoms with Gasteiger partial charge in [0.2, 0.25) is 11.8 Å². The van der Waals surface area contributed by atoms with Crippen LogP contribution in [-0.4, -0.2) is 162 Å². The molecule has 0 aromatic heterocycles. The number of ether oxygens (including phenoxy) is 1. The number of amides is 2.